The molecular weight excluding hydrogens is 192 g/mol. The van der Waals surface area contributed by atoms with Crippen LogP contribution in [0.1, 0.15) is 53.9 Å². The lowest BCUT2D eigenvalue weighted by atomic mass is 9.95. The number of allylic oxidation sites excluding steroid dienone is 6. The monoisotopic (exact) mass is 220 g/mol. The summed E-state index contributed by atoms with van der Waals surface area (Å²) in [6.45, 7) is 10.5. The van der Waals surface area contributed by atoms with E-state index in [-0.39, 0.29) is 0 Å². The molecule has 0 aromatic heterocycles. The van der Waals surface area contributed by atoms with Crippen LogP contribution in [-0.2, 0) is 0 Å². The van der Waals surface area contributed by atoms with Crippen molar-refractivity contribution in [2.45, 2.75) is 53.9 Å². The minimum Gasteiger partial charge on any atom is -0.0877 e. The normalized spacial score (nSPS) is 26.2. The summed E-state index contributed by atoms with van der Waals surface area (Å²) in [5, 5.41) is 0. The number of hydrogen-bond acceptors (Lipinski definition) is 0. The van der Waals surface area contributed by atoms with E-state index in [1.54, 1.807) is 0 Å². The Labute approximate surface area is 102 Å². The lowest BCUT2D eigenvalue weighted by Crippen LogP contribution is -1.97. The average Bonchev–Trinajstić information content (AvgIpc) is 2.74. The molecule has 0 amide bonds. The highest BCUT2D eigenvalue weighted by Gasteiger charge is 2.22. The molecule has 0 saturated heterocycles. The maximum absolute atomic E-state index is 2.36. The summed E-state index contributed by atoms with van der Waals surface area (Å²) in [6.07, 6.45) is 15.1. The van der Waals surface area contributed by atoms with Crippen LogP contribution >= 0.6 is 0 Å². The first-order valence-electron chi connectivity index (χ1n) is 6.73. The maximum Gasteiger partial charge on any atom is -0.0159 e. The molecule has 0 N–H and O–H groups in total. The summed E-state index contributed by atoms with van der Waals surface area (Å²) < 4.78 is 0. The van der Waals surface area contributed by atoms with Gasteiger partial charge in [0.2, 0.25) is 0 Å². The molecule has 0 aliphatic heterocycles. The van der Waals surface area contributed by atoms with Crippen LogP contribution in [0.25, 0.3) is 0 Å². The van der Waals surface area contributed by atoms with Crippen LogP contribution in [0.15, 0.2) is 36.0 Å². The largest absolute Gasteiger partial charge is 0.0877 e. The quantitative estimate of drug-likeness (QED) is 0.549. The summed E-state index contributed by atoms with van der Waals surface area (Å²) in [4.78, 5) is 0. The van der Waals surface area contributed by atoms with Gasteiger partial charge in [0, 0.05) is 0 Å². The van der Waals surface area contributed by atoms with E-state index in [2.05, 4.69) is 51.2 Å². The molecule has 0 nitrogen and oxygen atoms in total. The molecule has 2 atom stereocenters. The predicted molar refractivity (Wildman–Crippen MR) is 75.6 cm³/mol. The highest BCUT2D eigenvalue weighted by Crippen LogP contribution is 2.35. The Bertz CT molecular complexity index is 243. The van der Waals surface area contributed by atoms with Crippen LogP contribution < -0.4 is 0 Å². The van der Waals surface area contributed by atoms with Crippen molar-refractivity contribution in [3.63, 3.8) is 0 Å². The Balaban J connectivity index is 0.00000106. The second-order valence-electron chi connectivity index (χ2n) is 4.31. The van der Waals surface area contributed by atoms with Gasteiger partial charge in [0.15, 0.2) is 0 Å². The van der Waals surface area contributed by atoms with Gasteiger partial charge in [0.05, 0.1) is 0 Å². The standard InChI is InChI=1S/C14H22.C2H6/c1-4-6-8-13(7-5-2)14-10-9-12(3)11-14;1-2/h4-8,12,14H,9-11H2,1-3H3;1-2H3/b6-4-,7-5-,13-8+;/t12?,14-;/m1./s1. The van der Waals surface area contributed by atoms with Gasteiger partial charge in [-0.15, -0.1) is 0 Å². The van der Waals surface area contributed by atoms with Gasteiger partial charge in [-0.25, -0.2) is 0 Å². The molecular formula is C16H28. The summed E-state index contributed by atoms with van der Waals surface area (Å²) >= 11 is 0. The smallest absolute Gasteiger partial charge is 0.0159 e. The maximum atomic E-state index is 2.36. The van der Waals surface area contributed by atoms with Gasteiger partial charge in [-0.2, -0.15) is 0 Å². The van der Waals surface area contributed by atoms with Crippen molar-refractivity contribution in [3.05, 3.63) is 36.0 Å². The molecule has 0 spiro atoms. The van der Waals surface area contributed by atoms with Crippen molar-refractivity contribution in [3.8, 4) is 0 Å². The molecule has 1 fully saturated rings. The zero-order valence-corrected chi connectivity index (χ0v) is 11.7. The van der Waals surface area contributed by atoms with E-state index in [1.165, 1.54) is 24.8 Å². The molecule has 0 aromatic carbocycles. The Morgan fingerprint density at radius 1 is 1.06 bits per heavy atom. The third-order valence-electron chi connectivity index (χ3n) is 3.01. The first kappa shape index (κ1) is 15.2. The van der Waals surface area contributed by atoms with Crippen molar-refractivity contribution < 1.29 is 0 Å². The fourth-order valence-electron chi connectivity index (χ4n) is 2.24. The highest BCUT2D eigenvalue weighted by atomic mass is 14.3. The Morgan fingerprint density at radius 2 is 1.75 bits per heavy atom. The first-order valence-corrected chi connectivity index (χ1v) is 6.73. The van der Waals surface area contributed by atoms with E-state index in [0.29, 0.717) is 0 Å². The molecule has 0 heteroatoms. The van der Waals surface area contributed by atoms with Gasteiger partial charge in [-0.3, -0.25) is 0 Å². The van der Waals surface area contributed by atoms with Crippen molar-refractivity contribution in [1.82, 2.24) is 0 Å². The summed E-state index contributed by atoms with van der Waals surface area (Å²) in [5.41, 5.74) is 1.51. The van der Waals surface area contributed by atoms with Gasteiger partial charge in [-0.05, 0) is 44.1 Å². The van der Waals surface area contributed by atoms with E-state index in [9.17, 15) is 0 Å². The number of rotatable bonds is 3. The summed E-state index contributed by atoms with van der Waals surface area (Å²) in [5.74, 6) is 1.72. The Kier molecular flexibility index (Phi) is 8.99. The van der Waals surface area contributed by atoms with Crippen LogP contribution in [0.5, 0.6) is 0 Å². The molecule has 0 bridgehead atoms. The van der Waals surface area contributed by atoms with Gasteiger partial charge in [-0.1, -0.05) is 57.6 Å². The van der Waals surface area contributed by atoms with Crippen LogP contribution in [0.2, 0.25) is 0 Å². The van der Waals surface area contributed by atoms with Crippen LogP contribution in [0.4, 0.5) is 0 Å². The predicted octanol–water partition coefficient (Wildman–Crippen LogP) is 5.53. The van der Waals surface area contributed by atoms with Gasteiger partial charge in [0.1, 0.15) is 0 Å². The molecule has 1 aliphatic rings. The molecule has 1 saturated carbocycles. The van der Waals surface area contributed by atoms with Gasteiger partial charge >= 0.3 is 0 Å². The molecule has 1 aliphatic carbocycles. The van der Waals surface area contributed by atoms with E-state index in [0.717, 1.165) is 11.8 Å². The summed E-state index contributed by atoms with van der Waals surface area (Å²) in [7, 11) is 0. The minimum atomic E-state index is 0.803. The molecule has 0 radical (unpaired) electrons. The summed E-state index contributed by atoms with van der Waals surface area (Å²) in [6, 6.07) is 0. The van der Waals surface area contributed by atoms with Gasteiger partial charge in [0.25, 0.3) is 0 Å². The lowest BCUT2D eigenvalue weighted by molar-refractivity contribution is 0.577. The zero-order valence-electron chi connectivity index (χ0n) is 11.7. The topological polar surface area (TPSA) is 0 Å². The molecule has 1 unspecified atom stereocenters. The average molecular weight is 220 g/mol. The molecule has 92 valence electrons. The zero-order chi connectivity index (χ0) is 12.4. The third kappa shape index (κ3) is 5.34. The van der Waals surface area contributed by atoms with Crippen molar-refractivity contribution in [2.75, 3.05) is 0 Å². The van der Waals surface area contributed by atoms with Gasteiger partial charge < -0.3 is 0 Å². The second-order valence-corrected chi connectivity index (χ2v) is 4.31. The van der Waals surface area contributed by atoms with E-state index in [4.69, 9.17) is 0 Å². The molecule has 16 heavy (non-hydrogen) atoms. The van der Waals surface area contributed by atoms with E-state index in [1.807, 2.05) is 13.8 Å². The van der Waals surface area contributed by atoms with Crippen molar-refractivity contribution in [1.29, 1.82) is 0 Å². The number of hydrogen-bond donors (Lipinski definition) is 0. The first-order chi connectivity index (χ1) is 7.77. The van der Waals surface area contributed by atoms with Crippen LogP contribution in [0, 0.1) is 11.8 Å². The molecule has 1 rings (SSSR count). The fourth-order valence-corrected chi connectivity index (χ4v) is 2.24. The lowest BCUT2D eigenvalue weighted by Gasteiger charge is -2.10. The molecule has 0 heterocycles. The fraction of sp³-hybridized carbons (Fsp3) is 0.625. The van der Waals surface area contributed by atoms with E-state index >= 15 is 0 Å². The van der Waals surface area contributed by atoms with Crippen molar-refractivity contribution >= 4 is 0 Å². The van der Waals surface area contributed by atoms with Crippen LogP contribution in [0.3, 0.4) is 0 Å². The van der Waals surface area contributed by atoms with Crippen molar-refractivity contribution in [2.24, 2.45) is 11.8 Å². The second kappa shape index (κ2) is 9.45. The Morgan fingerprint density at radius 3 is 2.19 bits per heavy atom. The van der Waals surface area contributed by atoms with Crippen LogP contribution in [-0.4, -0.2) is 0 Å². The highest BCUT2D eigenvalue weighted by molar-refractivity contribution is 5.26. The van der Waals surface area contributed by atoms with E-state index < -0.39 is 0 Å². The Hall–Kier alpha value is -0.780. The third-order valence-corrected chi connectivity index (χ3v) is 3.01. The molecule has 0 aromatic rings. The SMILES string of the molecule is CC.C\C=C/C=C(\C=C/C)[C@@H]1CCC(C)C1. The minimum absolute atomic E-state index is 0.803.